The molecule has 0 aromatic carbocycles. The number of nitrogens with zero attached hydrogens (tertiary/aromatic N) is 3. The summed E-state index contributed by atoms with van der Waals surface area (Å²) in [6, 6.07) is 0.0412. The van der Waals surface area contributed by atoms with E-state index < -0.39 is 18.0 Å². The van der Waals surface area contributed by atoms with Crippen LogP contribution in [0.4, 0.5) is 0 Å². The number of carboxylic acid groups (broad SMARTS) is 1. The number of carboxylic acids is 1. The molecule has 1 aromatic heterocycles. The molecule has 3 aliphatic rings. The van der Waals surface area contributed by atoms with Gasteiger partial charge in [0.05, 0.1) is 18.1 Å². The minimum absolute atomic E-state index is 0.0846. The van der Waals surface area contributed by atoms with Crippen LogP contribution in [0, 0.1) is 11.8 Å². The first kappa shape index (κ1) is 21.4. The van der Waals surface area contributed by atoms with Gasteiger partial charge in [0.15, 0.2) is 0 Å². The third-order valence-corrected chi connectivity index (χ3v) is 7.98. The summed E-state index contributed by atoms with van der Waals surface area (Å²) in [4.78, 5) is 31.1. The molecule has 0 spiro atoms. The predicted molar refractivity (Wildman–Crippen MR) is 114 cm³/mol. The fraction of sp³-hybridized carbons (Fsp3) is 0.667. The SMILES string of the molecule is CC(C)c1nccn1C[C@@H]1C[C@H](SC2=C(C(=O)O)N3C(=O)[C@H]([C@@H](C)O)[C@H]3[C@H]2C)CN1. The molecule has 1 aromatic rings. The lowest BCUT2D eigenvalue weighted by Gasteiger charge is -2.46. The zero-order valence-corrected chi connectivity index (χ0v) is 18.6. The molecule has 2 saturated heterocycles. The van der Waals surface area contributed by atoms with Gasteiger partial charge in [-0.3, -0.25) is 4.79 Å². The molecule has 30 heavy (non-hydrogen) atoms. The predicted octanol–water partition coefficient (Wildman–Crippen LogP) is 1.62. The number of fused-ring (bicyclic) bond motifs is 1. The Morgan fingerprint density at radius 2 is 2.13 bits per heavy atom. The van der Waals surface area contributed by atoms with Crippen LogP contribution in [0.2, 0.25) is 0 Å². The summed E-state index contributed by atoms with van der Waals surface area (Å²) in [5, 5.41) is 23.6. The van der Waals surface area contributed by atoms with Crippen molar-refractivity contribution in [2.45, 2.75) is 70.0 Å². The Morgan fingerprint density at radius 1 is 1.40 bits per heavy atom. The highest BCUT2D eigenvalue weighted by atomic mass is 32.2. The second-order valence-corrected chi connectivity index (χ2v) is 10.3. The van der Waals surface area contributed by atoms with Crippen molar-refractivity contribution in [3.8, 4) is 0 Å². The number of aromatic nitrogens is 2. The second kappa shape index (κ2) is 8.01. The first-order chi connectivity index (χ1) is 14.2. The summed E-state index contributed by atoms with van der Waals surface area (Å²) in [5.74, 6) is -0.514. The highest BCUT2D eigenvalue weighted by molar-refractivity contribution is 8.03. The number of aliphatic carboxylic acids is 1. The number of carbonyl (C=O) groups is 2. The Hall–Kier alpha value is -1.84. The van der Waals surface area contributed by atoms with Gasteiger partial charge in [-0.05, 0) is 13.3 Å². The average molecular weight is 435 g/mol. The number of amides is 1. The Bertz CT molecular complexity index is 880. The quantitative estimate of drug-likeness (QED) is 0.560. The van der Waals surface area contributed by atoms with Crippen molar-refractivity contribution in [2.75, 3.05) is 6.54 Å². The van der Waals surface area contributed by atoms with Crippen LogP contribution in [0.5, 0.6) is 0 Å². The number of thioether (sulfide) groups is 1. The summed E-state index contributed by atoms with van der Waals surface area (Å²) in [6.07, 6.45) is 3.99. The van der Waals surface area contributed by atoms with Crippen molar-refractivity contribution in [1.82, 2.24) is 19.8 Å². The van der Waals surface area contributed by atoms with Crippen LogP contribution >= 0.6 is 11.8 Å². The van der Waals surface area contributed by atoms with E-state index >= 15 is 0 Å². The lowest BCUT2D eigenvalue weighted by molar-refractivity contribution is -0.163. The molecule has 164 valence electrons. The molecule has 8 nitrogen and oxygen atoms in total. The molecule has 3 aliphatic heterocycles. The van der Waals surface area contributed by atoms with E-state index in [-0.39, 0.29) is 28.8 Å². The smallest absolute Gasteiger partial charge is 0.353 e. The van der Waals surface area contributed by atoms with Crippen LogP contribution in [-0.2, 0) is 16.1 Å². The minimum Gasteiger partial charge on any atom is -0.477 e. The molecule has 9 heteroatoms. The Balaban J connectivity index is 1.46. The van der Waals surface area contributed by atoms with Crippen molar-refractivity contribution >= 4 is 23.6 Å². The number of hydrogen-bond acceptors (Lipinski definition) is 6. The van der Waals surface area contributed by atoms with Crippen molar-refractivity contribution in [2.24, 2.45) is 11.8 Å². The molecule has 6 atom stereocenters. The second-order valence-electron chi connectivity index (χ2n) is 8.95. The van der Waals surface area contributed by atoms with Gasteiger partial charge < -0.3 is 25.0 Å². The lowest BCUT2D eigenvalue weighted by atomic mass is 9.79. The van der Waals surface area contributed by atoms with E-state index in [0.717, 1.165) is 30.2 Å². The Morgan fingerprint density at radius 3 is 2.77 bits per heavy atom. The van der Waals surface area contributed by atoms with E-state index in [1.54, 1.807) is 18.7 Å². The maximum Gasteiger partial charge on any atom is 0.353 e. The molecule has 0 radical (unpaired) electrons. The fourth-order valence-electron chi connectivity index (χ4n) is 5.08. The zero-order valence-electron chi connectivity index (χ0n) is 17.8. The molecule has 2 fully saturated rings. The standard InChI is InChI=1S/C21H30N4O4S/c1-10(2)19-22-5-6-24(19)9-13-7-14(8-23-13)30-18-11(3)16-15(12(4)26)20(27)25(16)17(18)21(28)29/h5-6,10-16,23,26H,7-9H2,1-4H3,(H,28,29)/t11-,12-,13+,14+,15-,16-/m1/s1. The summed E-state index contributed by atoms with van der Waals surface area (Å²) >= 11 is 1.59. The van der Waals surface area contributed by atoms with Gasteiger partial charge in [-0.2, -0.15) is 0 Å². The Kier molecular flexibility index (Phi) is 5.71. The molecule has 4 heterocycles. The third kappa shape index (κ3) is 3.46. The molecule has 0 saturated carbocycles. The molecule has 0 bridgehead atoms. The highest BCUT2D eigenvalue weighted by Crippen LogP contribution is 2.51. The maximum absolute atomic E-state index is 12.5. The van der Waals surface area contributed by atoms with E-state index in [2.05, 4.69) is 28.7 Å². The van der Waals surface area contributed by atoms with Gasteiger partial charge in [-0.15, -0.1) is 11.8 Å². The minimum atomic E-state index is -1.06. The highest BCUT2D eigenvalue weighted by Gasteiger charge is 2.60. The van der Waals surface area contributed by atoms with Gasteiger partial charge in [0.1, 0.15) is 11.5 Å². The van der Waals surface area contributed by atoms with Crippen LogP contribution in [0.1, 0.15) is 45.9 Å². The van der Waals surface area contributed by atoms with Crippen molar-refractivity contribution in [1.29, 1.82) is 0 Å². The van der Waals surface area contributed by atoms with Crippen LogP contribution < -0.4 is 5.32 Å². The molecular weight excluding hydrogens is 404 g/mol. The zero-order chi connectivity index (χ0) is 21.7. The number of nitrogens with one attached hydrogen (secondary N) is 1. The Labute approximate surface area is 180 Å². The van der Waals surface area contributed by atoms with Gasteiger partial charge >= 0.3 is 5.97 Å². The molecule has 4 rings (SSSR count). The van der Waals surface area contributed by atoms with Gasteiger partial charge in [0.25, 0.3) is 0 Å². The topological polar surface area (TPSA) is 108 Å². The molecule has 3 N–H and O–H groups in total. The van der Waals surface area contributed by atoms with E-state index in [0.29, 0.717) is 12.0 Å². The van der Waals surface area contributed by atoms with Crippen molar-refractivity contribution in [3.63, 3.8) is 0 Å². The number of carbonyl (C=O) groups excluding carboxylic acids is 1. The molecule has 0 aliphatic carbocycles. The number of aliphatic hydroxyl groups is 1. The number of rotatable bonds is 7. The summed E-state index contributed by atoms with van der Waals surface area (Å²) in [5.41, 5.74) is 0.111. The van der Waals surface area contributed by atoms with Gasteiger partial charge in [-0.1, -0.05) is 20.8 Å². The number of aliphatic hydroxyl groups excluding tert-OH is 1. The number of β-lactam (4-membered cyclic amide) rings is 1. The van der Waals surface area contributed by atoms with Crippen LogP contribution in [0.25, 0.3) is 0 Å². The van der Waals surface area contributed by atoms with Gasteiger partial charge in [0, 0.05) is 53.5 Å². The normalized spacial score (nSPS) is 32.0. The summed E-state index contributed by atoms with van der Waals surface area (Å²) < 4.78 is 2.19. The van der Waals surface area contributed by atoms with Crippen molar-refractivity contribution < 1.29 is 19.8 Å². The third-order valence-electron chi connectivity index (χ3n) is 6.47. The van der Waals surface area contributed by atoms with Crippen LogP contribution in [-0.4, -0.2) is 66.5 Å². The fourth-order valence-corrected chi connectivity index (χ4v) is 6.60. The summed E-state index contributed by atoms with van der Waals surface area (Å²) in [7, 11) is 0. The van der Waals surface area contributed by atoms with Crippen LogP contribution in [0.15, 0.2) is 23.0 Å². The molecular formula is C21H30N4O4S. The molecule has 0 unspecified atom stereocenters. The lowest BCUT2D eigenvalue weighted by Crippen LogP contribution is -2.63. The van der Waals surface area contributed by atoms with E-state index in [4.69, 9.17) is 0 Å². The summed E-state index contributed by atoms with van der Waals surface area (Å²) in [6.45, 7) is 9.47. The first-order valence-electron chi connectivity index (χ1n) is 10.6. The van der Waals surface area contributed by atoms with E-state index in [9.17, 15) is 19.8 Å². The maximum atomic E-state index is 12.5. The number of hydrogen-bond donors (Lipinski definition) is 3. The van der Waals surface area contributed by atoms with E-state index in [1.165, 1.54) is 4.90 Å². The largest absolute Gasteiger partial charge is 0.477 e. The van der Waals surface area contributed by atoms with Crippen molar-refractivity contribution in [3.05, 3.63) is 28.8 Å². The monoisotopic (exact) mass is 434 g/mol. The molecule has 1 amide bonds. The van der Waals surface area contributed by atoms with Crippen LogP contribution in [0.3, 0.4) is 0 Å². The van der Waals surface area contributed by atoms with Gasteiger partial charge in [-0.25, -0.2) is 9.78 Å². The number of imidazole rings is 1. The first-order valence-corrected chi connectivity index (χ1v) is 11.5. The van der Waals surface area contributed by atoms with E-state index in [1.807, 2.05) is 19.3 Å². The van der Waals surface area contributed by atoms with Gasteiger partial charge in [0.2, 0.25) is 5.91 Å². The average Bonchev–Trinajstić information content (AvgIpc) is 3.35.